The molecule has 0 spiro atoms. The van der Waals surface area contributed by atoms with Crippen LogP contribution in [0.3, 0.4) is 0 Å². The summed E-state index contributed by atoms with van der Waals surface area (Å²) in [7, 11) is 0. The lowest BCUT2D eigenvalue weighted by molar-refractivity contribution is 0.122. The number of halogens is 2. The van der Waals surface area contributed by atoms with Crippen molar-refractivity contribution in [2.24, 2.45) is 0 Å². The number of rotatable bonds is 3. The van der Waals surface area contributed by atoms with Crippen LogP contribution in [0.4, 0.5) is 0 Å². The molecule has 2 unspecified atom stereocenters. The van der Waals surface area contributed by atoms with Gasteiger partial charge in [0.1, 0.15) is 0 Å². The van der Waals surface area contributed by atoms with Gasteiger partial charge >= 0.3 is 0 Å². The summed E-state index contributed by atoms with van der Waals surface area (Å²) in [6.45, 7) is 1.66. The Labute approximate surface area is 108 Å². The number of aliphatic hydroxyl groups excluding tert-OH is 1. The van der Waals surface area contributed by atoms with Crippen LogP contribution in [0.1, 0.15) is 5.56 Å². The Morgan fingerprint density at radius 3 is 2.94 bits per heavy atom. The fourth-order valence-corrected chi connectivity index (χ4v) is 2.47. The minimum atomic E-state index is -0.411. The van der Waals surface area contributed by atoms with E-state index in [0.29, 0.717) is 24.8 Å². The smallest absolute Gasteiger partial charge is 0.0948 e. The molecule has 0 amide bonds. The molecular formula is C11H13BrClNO2. The van der Waals surface area contributed by atoms with Gasteiger partial charge in [-0.05, 0) is 17.7 Å². The van der Waals surface area contributed by atoms with E-state index in [2.05, 4.69) is 21.2 Å². The second-order valence-corrected chi connectivity index (χ2v) is 5.12. The second-order valence-electron chi connectivity index (χ2n) is 3.83. The predicted octanol–water partition coefficient (Wildman–Crippen LogP) is 1.95. The van der Waals surface area contributed by atoms with E-state index in [4.69, 9.17) is 16.3 Å². The Balaban J connectivity index is 1.94. The zero-order valence-corrected chi connectivity index (χ0v) is 11.0. The summed E-state index contributed by atoms with van der Waals surface area (Å²) in [5.74, 6) is 0. The van der Waals surface area contributed by atoms with Crippen LogP contribution in [0.15, 0.2) is 22.7 Å². The molecule has 1 aromatic carbocycles. The topological polar surface area (TPSA) is 41.5 Å². The zero-order chi connectivity index (χ0) is 11.5. The number of hydrogen-bond donors (Lipinski definition) is 2. The molecule has 1 aliphatic rings. The highest BCUT2D eigenvalue weighted by Crippen LogP contribution is 2.21. The lowest BCUT2D eigenvalue weighted by Gasteiger charge is -2.15. The Morgan fingerprint density at radius 1 is 1.50 bits per heavy atom. The first-order valence-electron chi connectivity index (χ1n) is 5.10. The highest BCUT2D eigenvalue weighted by atomic mass is 79.9. The molecule has 1 saturated heterocycles. The van der Waals surface area contributed by atoms with Gasteiger partial charge in [-0.3, -0.25) is 0 Å². The monoisotopic (exact) mass is 305 g/mol. The third kappa shape index (κ3) is 2.96. The lowest BCUT2D eigenvalue weighted by atomic mass is 10.2. The maximum Gasteiger partial charge on any atom is 0.0948 e. The minimum Gasteiger partial charge on any atom is -0.389 e. The molecule has 2 atom stereocenters. The van der Waals surface area contributed by atoms with Crippen molar-refractivity contribution in [1.29, 1.82) is 0 Å². The van der Waals surface area contributed by atoms with Crippen LogP contribution >= 0.6 is 27.5 Å². The van der Waals surface area contributed by atoms with Gasteiger partial charge in [0.15, 0.2) is 0 Å². The van der Waals surface area contributed by atoms with E-state index in [1.165, 1.54) is 0 Å². The molecule has 1 aromatic rings. The van der Waals surface area contributed by atoms with Crippen molar-refractivity contribution in [2.45, 2.75) is 18.7 Å². The van der Waals surface area contributed by atoms with Crippen molar-refractivity contribution in [3.8, 4) is 0 Å². The number of benzene rings is 1. The van der Waals surface area contributed by atoms with Crippen LogP contribution in [0.25, 0.3) is 0 Å². The summed E-state index contributed by atoms with van der Waals surface area (Å²) in [5.41, 5.74) is 1.11. The van der Waals surface area contributed by atoms with Gasteiger partial charge in [0.05, 0.1) is 25.4 Å². The number of aliphatic hydroxyl groups is 1. The third-order valence-corrected chi connectivity index (χ3v) is 3.59. The van der Waals surface area contributed by atoms with E-state index in [-0.39, 0.29) is 6.04 Å². The molecular weight excluding hydrogens is 293 g/mol. The maximum atomic E-state index is 9.56. The number of hydrogen-bond acceptors (Lipinski definition) is 3. The van der Waals surface area contributed by atoms with Crippen molar-refractivity contribution < 1.29 is 9.84 Å². The van der Waals surface area contributed by atoms with Gasteiger partial charge in [-0.25, -0.2) is 0 Å². The largest absolute Gasteiger partial charge is 0.389 e. The van der Waals surface area contributed by atoms with Gasteiger partial charge in [-0.15, -0.1) is 0 Å². The van der Waals surface area contributed by atoms with Gasteiger partial charge < -0.3 is 15.2 Å². The fraction of sp³-hybridized carbons (Fsp3) is 0.455. The second kappa shape index (κ2) is 5.47. The van der Waals surface area contributed by atoms with Gasteiger partial charge in [0.2, 0.25) is 0 Å². The number of ether oxygens (including phenoxy) is 1. The quantitative estimate of drug-likeness (QED) is 0.897. The third-order valence-electron chi connectivity index (χ3n) is 2.62. The van der Waals surface area contributed by atoms with Gasteiger partial charge in [0, 0.05) is 16.0 Å². The molecule has 0 bridgehead atoms. The predicted molar refractivity (Wildman–Crippen MR) is 66.6 cm³/mol. The highest BCUT2D eigenvalue weighted by molar-refractivity contribution is 9.10. The summed E-state index contributed by atoms with van der Waals surface area (Å²) in [4.78, 5) is 0. The first-order chi connectivity index (χ1) is 7.66. The van der Waals surface area contributed by atoms with Crippen LogP contribution in [0.5, 0.6) is 0 Å². The standard InChI is InChI=1S/C11H13BrClNO2/c12-9-3-8(13)2-1-7(9)4-14-10-5-16-6-11(10)15/h1-3,10-11,14-15H,4-6H2. The van der Waals surface area contributed by atoms with E-state index >= 15 is 0 Å². The van der Waals surface area contributed by atoms with E-state index in [1.54, 1.807) is 0 Å². The molecule has 0 radical (unpaired) electrons. The summed E-state index contributed by atoms with van der Waals surface area (Å²) in [5, 5.41) is 13.5. The highest BCUT2D eigenvalue weighted by Gasteiger charge is 2.25. The Morgan fingerprint density at radius 2 is 2.31 bits per heavy atom. The first kappa shape index (κ1) is 12.3. The van der Waals surface area contributed by atoms with Gasteiger partial charge in [-0.2, -0.15) is 0 Å². The summed E-state index contributed by atoms with van der Waals surface area (Å²) >= 11 is 9.31. The van der Waals surface area contributed by atoms with Gasteiger partial charge in [0.25, 0.3) is 0 Å². The maximum absolute atomic E-state index is 9.56. The zero-order valence-electron chi connectivity index (χ0n) is 8.62. The average Bonchev–Trinajstić information content (AvgIpc) is 2.63. The SMILES string of the molecule is OC1COCC1NCc1ccc(Cl)cc1Br. The lowest BCUT2D eigenvalue weighted by Crippen LogP contribution is -2.38. The molecule has 16 heavy (non-hydrogen) atoms. The van der Waals surface area contributed by atoms with Crippen molar-refractivity contribution in [2.75, 3.05) is 13.2 Å². The normalized spacial score (nSPS) is 24.9. The average molecular weight is 307 g/mol. The molecule has 1 heterocycles. The van der Waals surface area contributed by atoms with E-state index < -0.39 is 6.10 Å². The molecule has 3 nitrogen and oxygen atoms in total. The van der Waals surface area contributed by atoms with E-state index in [0.717, 1.165) is 10.0 Å². The molecule has 1 aliphatic heterocycles. The first-order valence-corrected chi connectivity index (χ1v) is 6.27. The molecule has 0 aliphatic carbocycles. The summed E-state index contributed by atoms with van der Waals surface area (Å²) < 4.78 is 6.13. The Kier molecular flexibility index (Phi) is 4.21. The van der Waals surface area contributed by atoms with Crippen LogP contribution in [-0.4, -0.2) is 30.5 Å². The molecule has 2 N–H and O–H groups in total. The van der Waals surface area contributed by atoms with E-state index in [1.807, 2.05) is 18.2 Å². The van der Waals surface area contributed by atoms with Crippen LogP contribution < -0.4 is 5.32 Å². The van der Waals surface area contributed by atoms with Crippen LogP contribution in [-0.2, 0) is 11.3 Å². The van der Waals surface area contributed by atoms with E-state index in [9.17, 15) is 5.11 Å². The summed E-state index contributed by atoms with van der Waals surface area (Å²) in [6.07, 6.45) is -0.411. The van der Waals surface area contributed by atoms with Crippen molar-refractivity contribution in [3.05, 3.63) is 33.3 Å². The molecule has 5 heteroatoms. The van der Waals surface area contributed by atoms with Crippen molar-refractivity contribution in [3.63, 3.8) is 0 Å². The number of nitrogens with one attached hydrogen (secondary N) is 1. The molecule has 0 aromatic heterocycles. The molecule has 2 rings (SSSR count). The van der Waals surface area contributed by atoms with Crippen molar-refractivity contribution in [1.82, 2.24) is 5.32 Å². The Hall–Kier alpha value is -0.130. The minimum absolute atomic E-state index is 0.0163. The molecule has 1 fully saturated rings. The molecule has 88 valence electrons. The van der Waals surface area contributed by atoms with Gasteiger partial charge in [-0.1, -0.05) is 33.6 Å². The fourth-order valence-electron chi connectivity index (χ4n) is 1.64. The van der Waals surface area contributed by atoms with Crippen LogP contribution in [0, 0.1) is 0 Å². The van der Waals surface area contributed by atoms with Crippen LogP contribution in [0.2, 0.25) is 5.02 Å². The Bertz CT molecular complexity index is 375. The summed E-state index contributed by atoms with van der Waals surface area (Å²) in [6, 6.07) is 5.69. The molecule has 0 saturated carbocycles. The van der Waals surface area contributed by atoms with Crippen molar-refractivity contribution >= 4 is 27.5 Å².